The maximum Gasteiger partial charge on any atom is 0.0377 e. The van der Waals surface area contributed by atoms with E-state index in [1.165, 1.54) is 4.88 Å². The fourth-order valence-electron chi connectivity index (χ4n) is 0.389. The van der Waals surface area contributed by atoms with Crippen molar-refractivity contribution < 1.29 is 0 Å². The van der Waals surface area contributed by atoms with Crippen molar-refractivity contribution >= 4 is 57.0 Å². The van der Waals surface area contributed by atoms with Crippen molar-refractivity contribution in [2.45, 2.75) is 5.33 Å². The van der Waals surface area contributed by atoms with E-state index >= 15 is 0 Å². The normalized spacial score (nSPS) is 6.50. The van der Waals surface area contributed by atoms with Crippen LogP contribution in [0.3, 0.4) is 0 Å². The van der Waals surface area contributed by atoms with E-state index in [9.17, 15) is 0 Å². The fourth-order valence-corrected chi connectivity index (χ4v) is 1.52. The van der Waals surface area contributed by atoms with E-state index in [4.69, 9.17) is 0 Å². The van der Waals surface area contributed by atoms with Crippen LogP contribution in [-0.2, 0) is 5.33 Å². The summed E-state index contributed by atoms with van der Waals surface area (Å²) >= 11 is 5.12. The first-order valence-electron chi connectivity index (χ1n) is 2.02. The lowest BCUT2D eigenvalue weighted by Gasteiger charge is -1.76. The van der Waals surface area contributed by atoms with Crippen molar-refractivity contribution in [1.29, 1.82) is 0 Å². The Hall–Kier alpha value is 1.47. The highest BCUT2D eigenvalue weighted by Crippen LogP contribution is 2.11. The largest absolute Gasteiger partial charge is 0.153 e. The predicted octanol–water partition coefficient (Wildman–Crippen LogP) is 2.82. The highest BCUT2D eigenvalue weighted by atomic mass is 79.9. The van der Waals surface area contributed by atoms with E-state index in [1.54, 1.807) is 11.3 Å². The molecule has 0 amide bonds. The highest BCUT2D eigenvalue weighted by Gasteiger charge is 1.84. The van der Waals surface area contributed by atoms with Gasteiger partial charge in [0, 0.05) is 10.2 Å². The Balaban J connectivity index is -0.000000163. The summed E-state index contributed by atoms with van der Waals surface area (Å²) in [7, 11) is 0. The van der Waals surface area contributed by atoms with Crippen LogP contribution >= 0.6 is 57.0 Å². The van der Waals surface area contributed by atoms with Crippen molar-refractivity contribution in [3.05, 3.63) is 22.4 Å². The van der Waals surface area contributed by atoms with E-state index in [1.807, 2.05) is 0 Å². The van der Waals surface area contributed by atoms with Gasteiger partial charge in [-0.1, -0.05) is 22.0 Å². The molecule has 0 aliphatic heterocycles. The number of rotatable bonds is 1. The number of hydrogen-bond donors (Lipinski definition) is 0. The van der Waals surface area contributed by atoms with Gasteiger partial charge in [0.2, 0.25) is 0 Å². The van der Waals surface area contributed by atoms with Crippen LogP contribution in [0, 0.1) is 0 Å². The average molecular weight is 279 g/mol. The van der Waals surface area contributed by atoms with Crippen LogP contribution in [0.1, 0.15) is 4.88 Å². The second-order valence-electron chi connectivity index (χ2n) is 1.21. The number of hydrogen-bond acceptors (Lipinski definition) is 1. The molecule has 10 heavy (non-hydrogen) atoms. The Bertz CT molecular complexity index is 131. The lowest BCUT2D eigenvalue weighted by molar-refractivity contribution is 1.59. The molecule has 0 saturated carbocycles. The molecule has 3 unspecified atom stereocenters. The molecule has 0 aromatic carbocycles. The molecule has 1 heterocycles. The lowest BCUT2D eigenvalue weighted by Crippen LogP contribution is -1.57. The van der Waals surface area contributed by atoms with Crippen LogP contribution in [0.4, 0.5) is 0 Å². The van der Waals surface area contributed by atoms with Gasteiger partial charge in [0.1, 0.15) is 0 Å². The van der Waals surface area contributed by atoms with Crippen LogP contribution in [-0.4, -0.2) is 0 Å². The molecule has 3 atom stereocenters. The summed E-state index contributed by atoms with van der Waals surface area (Å²) in [6.07, 6.45) is 0. The molecule has 0 radical (unpaired) electrons. The molecule has 0 fully saturated rings. The van der Waals surface area contributed by atoms with Crippen LogP contribution in [0.25, 0.3) is 0 Å². The summed E-state index contributed by atoms with van der Waals surface area (Å²) in [5.74, 6) is 0. The summed E-state index contributed by atoms with van der Waals surface area (Å²) in [4.78, 5) is 1.39. The van der Waals surface area contributed by atoms with Crippen molar-refractivity contribution in [3.8, 4) is 0 Å². The molecular formula is C5H14BrP3S. The van der Waals surface area contributed by atoms with Crippen molar-refractivity contribution in [2.24, 2.45) is 0 Å². The Kier molecular flexibility index (Phi) is 18.4. The highest BCUT2D eigenvalue weighted by molar-refractivity contribution is 9.08. The number of thiophene rings is 1. The van der Waals surface area contributed by atoms with Crippen LogP contribution < -0.4 is 0 Å². The third kappa shape index (κ3) is 6.20. The second-order valence-corrected chi connectivity index (χ2v) is 2.81. The van der Waals surface area contributed by atoms with E-state index in [0.29, 0.717) is 0 Å². The fraction of sp³-hybridized carbons (Fsp3) is 0.200. The van der Waals surface area contributed by atoms with Crippen LogP contribution in [0.2, 0.25) is 0 Å². The lowest BCUT2D eigenvalue weighted by atomic mass is 10.5. The standard InChI is InChI=1S/C5H5BrS.3H3P/c6-4-5-2-1-3-7-5;;;/h1-3H,4H2;3*1H3. The van der Waals surface area contributed by atoms with Gasteiger partial charge in [0.15, 0.2) is 0 Å². The Morgan fingerprint density at radius 2 is 1.90 bits per heavy atom. The van der Waals surface area contributed by atoms with E-state index < -0.39 is 0 Å². The maximum atomic E-state index is 3.35. The van der Waals surface area contributed by atoms with Crippen molar-refractivity contribution in [2.75, 3.05) is 0 Å². The third-order valence-corrected chi connectivity index (χ3v) is 2.56. The Morgan fingerprint density at radius 3 is 2.10 bits per heavy atom. The van der Waals surface area contributed by atoms with Gasteiger partial charge in [-0.25, -0.2) is 0 Å². The Labute approximate surface area is 84.6 Å². The molecule has 5 heteroatoms. The summed E-state index contributed by atoms with van der Waals surface area (Å²) in [6.45, 7) is 0. The van der Waals surface area contributed by atoms with Crippen molar-refractivity contribution in [3.63, 3.8) is 0 Å². The number of alkyl halides is 1. The summed E-state index contributed by atoms with van der Waals surface area (Å²) in [5.41, 5.74) is 0. The van der Waals surface area contributed by atoms with Gasteiger partial charge in [-0.2, -0.15) is 29.7 Å². The molecule has 1 aromatic rings. The first-order valence-corrected chi connectivity index (χ1v) is 4.02. The molecule has 0 nitrogen and oxygen atoms in total. The van der Waals surface area contributed by atoms with E-state index in [0.717, 1.165) is 5.33 Å². The van der Waals surface area contributed by atoms with Gasteiger partial charge in [-0.3, -0.25) is 0 Å². The van der Waals surface area contributed by atoms with Crippen LogP contribution in [0.5, 0.6) is 0 Å². The van der Waals surface area contributed by atoms with Gasteiger partial charge in [0.25, 0.3) is 0 Å². The zero-order valence-corrected chi connectivity index (χ0v) is 12.5. The minimum absolute atomic E-state index is 0. The van der Waals surface area contributed by atoms with E-state index in [2.05, 4.69) is 33.4 Å². The predicted molar refractivity (Wildman–Crippen MR) is 70.3 cm³/mol. The second kappa shape index (κ2) is 10.5. The van der Waals surface area contributed by atoms with Gasteiger partial charge >= 0.3 is 0 Å². The molecular weight excluding hydrogens is 265 g/mol. The molecule has 0 bridgehead atoms. The topological polar surface area (TPSA) is 0 Å². The summed E-state index contributed by atoms with van der Waals surface area (Å²) in [6, 6.07) is 4.17. The molecule has 62 valence electrons. The zero-order chi connectivity index (χ0) is 5.11. The summed E-state index contributed by atoms with van der Waals surface area (Å²) in [5, 5.41) is 3.07. The van der Waals surface area contributed by atoms with E-state index in [-0.39, 0.29) is 29.7 Å². The van der Waals surface area contributed by atoms with Gasteiger partial charge in [-0.05, 0) is 11.4 Å². The quantitative estimate of drug-likeness (QED) is 0.548. The minimum atomic E-state index is 0. The van der Waals surface area contributed by atoms with Gasteiger partial charge in [-0.15, -0.1) is 11.3 Å². The van der Waals surface area contributed by atoms with Crippen molar-refractivity contribution in [1.82, 2.24) is 0 Å². The monoisotopic (exact) mass is 278 g/mol. The van der Waals surface area contributed by atoms with Gasteiger partial charge in [0.05, 0.1) is 0 Å². The summed E-state index contributed by atoms with van der Waals surface area (Å²) < 4.78 is 0. The first kappa shape index (κ1) is 17.5. The minimum Gasteiger partial charge on any atom is -0.153 e. The number of halogens is 1. The maximum absolute atomic E-state index is 3.35. The molecule has 0 saturated heterocycles. The first-order chi connectivity index (χ1) is 3.43. The smallest absolute Gasteiger partial charge is 0.0377 e. The SMILES string of the molecule is BrCc1cccs1.P.P.P. The van der Waals surface area contributed by atoms with Gasteiger partial charge < -0.3 is 0 Å². The Morgan fingerprint density at radius 1 is 1.30 bits per heavy atom. The molecule has 0 N–H and O–H groups in total. The molecule has 0 aliphatic rings. The zero-order valence-electron chi connectivity index (χ0n) is 5.85. The average Bonchev–Trinajstić information content (AvgIpc) is 2.14. The molecule has 0 aliphatic carbocycles. The molecule has 1 aromatic heterocycles. The third-order valence-electron chi connectivity index (χ3n) is 0.712. The van der Waals surface area contributed by atoms with Crippen LogP contribution in [0.15, 0.2) is 17.5 Å². The molecule has 0 spiro atoms. The molecule has 1 rings (SSSR count).